The molecule has 3 N–H and O–H groups in total. The number of allylic oxidation sites excluding steroid dienone is 4. The summed E-state index contributed by atoms with van der Waals surface area (Å²) in [6, 6.07) is 0. The summed E-state index contributed by atoms with van der Waals surface area (Å²) in [4.78, 5) is 57.6. The van der Waals surface area contributed by atoms with E-state index in [0.717, 1.165) is 77.0 Å². The van der Waals surface area contributed by atoms with Gasteiger partial charge in [0.1, 0.15) is 0 Å². The summed E-state index contributed by atoms with van der Waals surface area (Å²) in [6.45, 7) is 4.45. The SMILES string of the molecule is CCCCCCCC/C=C\CCCCCCCC(=O)NOC(=O)CC(C(=O)ONC(=O)CCCCCCC/C=C\CCCCCCCC)S(=O)(=O)O. The van der Waals surface area contributed by atoms with Crippen molar-refractivity contribution in [1.29, 1.82) is 0 Å². The largest absolute Gasteiger partial charge is 0.353 e. The van der Waals surface area contributed by atoms with Gasteiger partial charge in [-0.1, -0.05) is 141 Å². The summed E-state index contributed by atoms with van der Waals surface area (Å²) >= 11 is 0. The molecule has 0 bridgehead atoms. The Labute approximate surface area is 315 Å². The van der Waals surface area contributed by atoms with Crippen molar-refractivity contribution in [3.05, 3.63) is 24.3 Å². The molecule has 0 aromatic heterocycles. The molecule has 0 radical (unpaired) electrons. The number of carbonyl (C=O) groups excluding carboxylic acids is 4. The van der Waals surface area contributed by atoms with Crippen molar-refractivity contribution in [1.82, 2.24) is 11.0 Å². The third-order valence-electron chi connectivity index (χ3n) is 8.85. The van der Waals surface area contributed by atoms with Crippen molar-refractivity contribution >= 4 is 33.9 Å². The van der Waals surface area contributed by atoms with E-state index in [1.807, 2.05) is 11.0 Å². The van der Waals surface area contributed by atoms with Crippen LogP contribution in [0.1, 0.15) is 200 Å². The van der Waals surface area contributed by atoms with E-state index >= 15 is 0 Å². The highest BCUT2D eigenvalue weighted by molar-refractivity contribution is 7.87. The van der Waals surface area contributed by atoms with Crippen molar-refractivity contribution < 1.29 is 41.8 Å². The van der Waals surface area contributed by atoms with Gasteiger partial charge in [0, 0.05) is 12.8 Å². The molecule has 0 fully saturated rings. The number of hydrogen-bond acceptors (Lipinski definition) is 8. The van der Waals surface area contributed by atoms with Crippen LogP contribution in [0.4, 0.5) is 0 Å². The van der Waals surface area contributed by atoms with Gasteiger partial charge < -0.3 is 9.68 Å². The lowest BCUT2D eigenvalue weighted by Crippen LogP contribution is -2.39. The van der Waals surface area contributed by atoms with Crippen LogP contribution in [0.5, 0.6) is 0 Å². The molecule has 0 aliphatic rings. The van der Waals surface area contributed by atoms with Crippen LogP contribution in [-0.2, 0) is 39.0 Å². The molecule has 302 valence electrons. The van der Waals surface area contributed by atoms with Crippen LogP contribution >= 0.6 is 0 Å². The van der Waals surface area contributed by atoms with Gasteiger partial charge in [0.25, 0.3) is 21.9 Å². The van der Waals surface area contributed by atoms with E-state index in [9.17, 15) is 32.1 Å². The smallest absolute Gasteiger partial charge is 0.341 e. The normalized spacial score (nSPS) is 12.3. The fraction of sp³-hybridized carbons (Fsp3) is 0.800. The summed E-state index contributed by atoms with van der Waals surface area (Å²) in [6.07, 6.45) is 37.1. The highest BCUT2D eigenvalue weighted by Gasteiger charge is 2.36. The van der Waals surface area contributed by atoms with Gasteiger partial charge in [0.15, 0.2) is 5.25 Å². The molecule has 0 spiro atoms. The molecule has 2 amide bonds. The van der Waals surface area contributed by atoms with Crippen molar-refractivity contribution in [2.24, 2.45) is 0 Å². The van der Waals surface area contributed by atoms with Crippen LogP contribution in [0.3, 0.4) is 0 Å². The molecule has 0 aliphatic carbocycles. The average molecular weight is 757 g/mol. The second kappa shape index (κ2) is 35.3. The lowest BCUT2D eigenvalue weighted by atomic mass is 10.1. The molecule has 0 rings (SSSR count). The van der Waals surface area contributed by atoms with Crippen LogP contribution in [0.2, 0.25) is 0 Å². The zero-order valence-electron chi connectivity index (χ0n) is 32.5. The van der Waals surface area contributed by atoms with E-state index in [0.29, 0.717) is 12.8 Å². The summed E-state index contributed by atoms with van der Waals surface area (Å²) < 4.78 is 32.9. The van der Waals surface area contributed by atoms with Gasteiger partial charge in [-0.2, -0.15) is 19.4 Å². The van der Waals surface area contributed by atoms with Crippen LogP contribution < -0.4 is 11.0 Å². The lowest BCUT2D eigenvalue weighted by Gasteiger charge is -2.13. The maximum absolute atomic E-state index is 12.3. The van der Waals surface area contributed by atoms with Crippen LogP contribution in [0.15, 0.2) is 24.3 Å². The Bertz CT molecular complexity index is 1090. The minimum Gasteiger partial charge on any atom is -0.341 e. The Hall–Kier alpha value is -2.73. The van der Waals surface area contributed by atoms with Gasteiger partial charge in [-0.15, -0.1) is 0 Å². The first kappa shape index (κ1) is 49.3. The zero-order chi connectivity index (χ0) is 38.5. The van der Waals surface area contributed by atoms with Crippen molar-refractivity contribution in [2.75, 3.05) is 0 Å². The van der Waals surface area contributed by atoms with E-state index in [-0.39, 0.29) is 12.8 Å². The number of unbranched alkanes of at least 4 members (excludes halogenated alkanes) is 22. The molecular weight excluding hydrogens is 685 g/mol. The molecular formula is C40H72N2O9S. The zero-order valence-corrected chi connectivity index (χ0v) is 33.3. The number of carbonyl (C=O) groups is 4. The van der Waals surface area contributed by atoms with E-state index in [4.69, 9.17) is 0 Å². The number of nitrogens with one attached hydrogen (secondary N) is 2. The Morgan fingerprint density at radius 3 is 1.21 bits per heavy atom. The predicted octanol–water partition coefficient (Wildman–Crippen LogP) is 9.86. The van der Waals surface area contributed by atoms with E-state index < -0.39 is 45.5 Å². The van der Waals surface area contributed by atoms with Gasteiger partial charge in [0.2, 0.25) is 0 Å². The molecule has 0 aliphatic heterocycles. The Morgan fingerprint density at radius 2 is 0.846 bits per heavy atom. The second-order valence-corrected chi connectivity index (χ2v) is 15.4. The van der Waals surface area contributed by atoms with Crippen LogP contribution in [0.25, 0.3) is 0 Å². The first-order chi connectivity index (χ1) is 25.1. The molecule has 1 unspecified atom stereocenters. The number of hydroxylamine groups is 2. The number of amides is 2. The molecule has 0 aromatic rings. The number of rotatable bonds is 34. The quantitative estimate of drug-likeness (QED) is 0.0251. The third kappa shape index (κ3) is 33.1. The maximum Gasteiger partial charge on any atom is 0.353 e. The fourth-order valence-corrected chi connectivity index (χ4v) is 6.24. The predicted molar refractivity (Wildman–Crippen MR) is 207 cm³/mol. The highest BCUT2D eigenvalue weighted by Crippen LogP contribution is 2.13. The average Bonchev–Trinajstić information content (AvgIpc) is 3.11. The molecule has 12 heteroatoms. The minimum atomic E-state index is -5.08. The van der Waals surface area contributed by atoms with Crippen molar-refractivity contribution in [3.8, 4) is 0 Å². The first-order valence-electron chi connectivity index (χ1n) is 20.4. The monoisotopic (exact) mass is 756 g/mol. The summed E-state index contributed by atoms with van der Waals surface area (Å²) in [5.74, 6) is -4.01. The van der Waals surface area contributed by atoms with Crippen LogP contribution in [-0.4, -0.2) is 42.0 Å². The molecule has 0 saturated heterocycles. The fourth-order valence-electron chi connectivity index (χ4n) is 5.60. The van der Waals surface area contributed by atoms with E-state index in [2.05, 4.69) is 47.8 Å². The standard InChI is InChI=1S/C40H72N2O9S/c1-3-5-7-9-11-13-15-17-19-21-23-25-27-29-31-33-37(43)41-50-39(45)35-36(52(47,48)49)40(46)51-42-38(44)34-32-30-28-26-24-22-20-18-16-14-12-10-8-6-4-2/h17-20,36H,3-16,21-35H2,1-2H3,(H,41,43)(H,42,44)(H,47,48,49)/b19-17-,20-18-. The van der Waals surface area contributed by atoms with Crippen LogP contribution in [0, 0.1) is 0 Å². The molecule has 1 atom stereocenters. The first-order valence-corrected chi connectivity index (χ1v) is 21.9. The number of hydrogen-bond donors (Lipinski definition) is 3. The third-order valence-corrected chi connectivity index (χ3v) is 9.93. The van der Waals surface area contributed by atoms with Gasteiger partial charge in [-0.05, 0) is 64.2 Å². The van der Waals surface area contributed by atoms with Gasteiger partial charge in [0.05, 0.1) is 6.42 Å². The summed E-state index contributed by atoms with van der Waals surface area (Å²) in [5, 5.41) is -2.33. The van der Waals surface area contributed by atoms with Gasteiger partial charge >= 0.3 is 11.9 Å². The van der Waals surface area contributed by atoms with Crippen molar-refractivity contribution in [3.63, 3.8) is 0 Å². The molecule has 52 heavy (non-hydrogen) atoms. The summed E-state index contributed by atoms with van der Waals surface area (Å²) in [7, 11) is -5.08. The molecule has 0 heterocycles. The Balaban J connectivity index is 4.00. The minimum absolute atomic E-state index is 0.0623. The molecule has 0 aromatic carbocycles. The van der Waals surface area contributed by atoms with Gasteiger partial charge in [-0.25, -0.2) is 9.59 Å². The maximum atomic E-state index is 12.3. The molecule has 0 saturated carbocycles. The Kier molecular flexibility index (Phi) is 33.5. The summed E-state index contributed by atoms with van der Waals surface area (Å²) in [5.41, 5.74) is 3.81. The molecule has 11 nitrogen and oxygen atoms in total. The van der Waals surface area contributed by atoms with E-state index in [1.165, 1.54) is 77.0 Å². The van der Waals surface area contributed by atoms with Gasteiger partial charge in [-0.3, -0.25) is 14.1 Å². The Morgan fingerprint density at radius 1 is 0.519 bits per heavy atom. The highest BCUT2D eigenvalue weighted by atomic mass is 32.2. The lowest BCUT2D eigenvalue weighted by molar-refractivity contribution is -0.163. The van der Waals surface area contributed by atoms with Crippen molar-refractivity contribution in [2.45, 2.75) is 205 Å². The van der Waals surface area contributed by atoms with E-state index in [1.54, 1.807) is 0 Å². The topological polar surface area (TPSA) is 165 Å². The second-order valence-electron chi connectivity index (χ2n) is 13.8.